The molecule has 4 nitrogen and oxygen atoms in total. The van der Waals surface area contributed by atoms with E-state index < -0.39 is 11.7 Å². The van der Waals surface area contributed by atoms with Crippen molar-refractivity contribution in [3.05, 3.63) is 60.2 Å². The lowest BCUT2D eigenvalue weighted by Gasteiger charge is -2.20. The van der Waals surface area contributed by atoms with Gasteiger partial charge in [0.2, 0.25) is 5.72 Å². The lowest BCUT2D eigenvalue weighted by Crippen LogP contribution is -2.49. The molecule has 0 aromatic heterocycles. The number of rotatable bonds is 7. The minimum Gasteiger partial charge on any atom is -0.463 e. The summed E-state index contributed by atoms with van der Waals surface area (Å²) in [6.07, 6.45) is 1.52. The van der Waals surface area contributed by atoms with Crippen LogP contribution < -0.4 is 5.73 Å². The van der Waals surface area contributed by atoms with Gasteiger partial charge in [-0.25, -0.2) is 4.79 Å². The van der Waals surface area contributed by atoms with Crippen LogP contribution in [0.4, 0.5) is 0 Å². The van der Waals surface area contributed by atoms with Crippen LogP contribution in [0, 0.1) is 0 Å². The maximum absolute atomic E-state index is 11.5. The average molecular weight is 313 g/mol. The van der Waals surface area contributed by atoms with Gasteiger partial charge in [-0.2, -0.15) is 0 Å². The predicted octanol–water partition coefficient (Wildman–Crippen LogP) is 2.89. The quantitative estimate of drug-likeness (QED) is 0.609. The summed E-state index contributed by atoms with van der Waals surface area (Å²) in [5, 5.41) is 9.89. The van der Waals surface area contributed by atoms with Crippen molar-refractivity contribution in [2.24, 2.45) is 5.73 Å². The number of carbonyl (C=O) groups excluding carboxylic acids is 1. The van der Waals surface area contributed by atoms with Gasteiger partial charge >= 0.3 is 5.97 Å². The van der Waals surface area contributed by atoms with E-state index in [1.54, 1.807) is 6.92 Å². The molecular weight excluding hydrogens is 290 g/mol. The molecule has 0 radical (unpaired) electrons. The maximum atomic E-state index is 11.5. The molecule has 1 unspecified atom stereocenters. The van der Waals surface area contributed by atoms with Crippen molar-refractivity contribution < 1.29 is 14.6 Å². The first kappa shape index (κ1) is 17.2. The van der Waals surface area contributed by atoms with Gasteiger partial charge in [0, 0.05) is 6.42 Å². The Morgan fingerprint density at radius 2 is 1.70 bits per heavy atom. The van der Waals surface area contributed by atoms with Gasteiger partial charge in [0.05, 0.1) is 6.61 Å². The molecule has 2 aromatic carbocycles. The summed E-state index contributed by atoms with van der Waals surface area (Å²) in [5.41, 5.74) is 7.17. The summed E-state index contributed by atoms with van der Waals surface area (Å²) in [6.45, 7) is 1.89. The van der Waals surface area contributed by atoms with Crippen LogP contribution in [0.1, 0.15) is 25.3 Å². The van der Waals surface area contributed by atoms with E-state index in [2.05, 4.69) is 36.4 Å². The molecule has 0 bridgehead atoms. The summed E-state index contributed by atoms with van der Waals surface area (Å²) < 4.78 is 4.76. The fourth-order valence-corrected chi connectivity index (χ4v) is 2.41. The van der Waals surface area contributed by atoms with Crippen LogP contribution in [0.3, 0.4) is 0 Å². The third kappa shape index (κ3) is 4.91. The highest BCUT2D eigenvalue weighted by Crippen LogP contribution is 2.20. The van der Waals surface area contributed by atoms with E-state index in [1.165, 1.54) is 5.56 Å². The van der Waals surface area contributed by atoms with Crippen LogP contribution in [0.15, 0.2) is 54.6 Å². The highest BCUT2D eigenvalue weighted by molar-refractivity contribution is 5.78. The Morgan fingerprint density at radius 3 is 2.30 bits per heavy atom. The molecule has 3 N–H and O–H groups in total. The second kappa shape index (κ2) is 7.90. The molecule has 2 aromatic rings. The molecule has 0 aliphatic rings. The molecule has 4 heteroatoms. The van der Waals surface area contributed by atoms with Crippen molar-refractivity contribution in [1.82, 2.24) is 0 Å². The van der Waals surface area contributed by atoms with E-state index in [4.69, 9.17) is 10.5 Å². The first-order valence-electron chi connectivity index (χ1n) is 7.86. The van der Waals surface area contributed by atoms with Crippen LogP contribution in [-0.4, -0.2) is 23.4 Å². The summed E-state index contributed by atoms with van der Waals surface area (Å²) in [4.78, 5) is 11.5. The normalized spacial score (nSPS) is 13.3. The van der Waals surface area contributed by atoms with Crippen LogP contribution in [0.5, 0.6) is 0 Å². The van der Waals surface area contributed by atoms with Gasteiger partial charge in [-0.3, -0.25) is 5.73 Å². The Balaban J connectivity index is 1.88. The Kier molecular flexibility index (Phi) is 5.90. The van der Waals surface area contributed by atoms with E-state index in [0.29, 0.717) is 6.42 Å². The minimum absolute atomic E-state index is 0.173. The zero-order chi connectivity index (χ0) is 16.7. The van der Waals surface area contributed by atoms with Gasteiger partial charge in [-0.15, -0.1) is 0 Å². The van der Waals surface area contributed by atoms with Gasteiger partial charge in [-0.05, 0) is 36.5 Å². The molecule has 0 saturated carbocycles. The Bertz CT molecular complexity index is 621. The summed E-state index contributed by atoms with van der Waals surface area (Å²) in [5.74, 6) is -0.764. The fraction of sp³-hybridized carbons (Fsp3) is 0.316. The molecular formula is C19H23NO3. The Morgan fingerprint density at radius 1 is 1.09 bits per heavy atom. The van der Waals surface area contributed by atoms with Crippen LogP contribution in [0.25, 0.3) is 11.1 Å². The van der Waals surface area contributed by atoms with E-state index in [9.17, 15) is 9.90 Å². The van der Waals surface area contributed by atoms with Crippen molar-refractivity contribution >= 4 is 5.97 Å². The van der Waals surface area contributed by atoms with Crippen molar-refractivity contribution in [2.45, 2.75) is 31.9 Å². The number of benzene rings is 2. The Labute approximate surface area is 136 Å². The van der Waals surface area contributed by atoms with Crippen LogP contribution in [0.2, 0.25) is 0 Å². The van der Waals surface area contributed by atoms with E-state index in [0.717, 1.165) is 17.5 Å². The Hall–Kier alpha value is -2.17. The average Bonchev–Trinajstić information content (AvgIpc) is 2.56. The lowest BCUT2D eigenvalue weighted by atomic mass is 10.00. The third-order valence-corrected chi connectivity index (χ3v) is 3.71. The summed E-state index contributed by atoms with van der Waals surface area (Å²) >= 11 is 0. The standard InChI is InChI=1S/C19H23NO3/c1-2-23-18(21)19(20,22)14-6-7-15-10-12-17(13-11-15)16-8-4-3-5-9-16/h3-5,8-13,22H,2,6-7,14,20H2,1H3. The molecule has 0 saturated heterocycles. The molecule has 0 fully saturated rings. The molecule has 0 spiro atoms. The number of esters is 1. The number of aryl methyl sites for hydroxylation is 1. The minimum atomic E-state index is -1.90. The number of ether oxygens (including phenoxy) is 1. The van der Waals surface area contributed by atoms with Gasteiger partial charge in [0.15, 0.2) is 0 Å². The van der Waals surface area contributed by atoms with E-state index in [-0.39, 0.29) is 13.0 Å². The molecule has 122 valence electrons. The molecule has 23 heavy (non-hydrogen) atoms. The first-order valence-corrected chi connectivity index (χ1v) is 7.86. The summed E-state index contributed by atoms with van der Waals surface area (Å²) in [7, 11) is 0. The van der Waals surface area contributed by atoms with Gasteiger partial charge < -0.3 is 9.84 Å². The molecule has 0 amide bonds. The number of carbonyl (C=O) groups is 1. The number of hydrogen-bond donors (Lipinski definition) is 2. The smallest absolute Gasteiger partial charge is 0.353 e. The van der Waals surface area contributed by atoms with Gasteiger partial charge in [0.1, 0.15) is 0 Å². The third-order valence-electron chi connectivity index (χ3n) is 3.71. The second-order valence-corrected chi connectivity index (χ2v) is 5.56. The van der Waals surface area contributed by atoms with Gasteiger partial charge in [-0.1, -0.05) is 54.6 Å². The monoisotopic (exact) mass is 313 g/mol. The summed E-state index contributed by atoms with van der Waals surface area (Å²) in [6, 6.07) is 18.4. The number of aliphatic hydroxyl groups is 1. The molecule has 1 atom stereocenters. The second-order valence-electron chi connectivity index (χ2n) is 5.56. The van der Waals surface area contributed by atoms with Crippen molar-refractivity contribution in [1.29, 1.82) is 0 Å². The highest BCUT2D eigenvalue weighted by atomic mass is 16.6. The largest absolute Gasteiger partial charge is 0.463 e. The van der Waals surface area contributed by atoms with Crippen molar-refractivity contribution in [2.75, 3.05) is 6.61 Å². The van der Waals surface area contributed by atoms with E-state index >= 15 is 0 Å². The fourth-order valence-electron chi connectivity index (χ4n) is 2.41. The first-order chi connectivity index (χ1) is 11.0. The van der Waals surface area contributed by atoms with E-state index in [1.807, 2.05) is 18.2 Å². The van der Waals surface area contributed by atoms with Crippen molar-refractivity contribution in [3.8, 4) is 11.1 Å². The zero-order valence-corrected chi connectivity index (χ0v) is 13.4. The SMILES string of the molecule is CCOC(=O)C(N)(O)CCCc1ccc(-c2ccccc2)cc1. The maximum Gasteiger partial charge on any atom is 0.353 e. The zero-order valence-electron chi connectivity index (χ0n) is 13.4. The number of hydrogen-bond acceptors (Lipinski definition) is 4. The van der Waals surface area contributed by atoms with Crippen LogP contribution in [-0.2, 0) is 16.0 Å². The van der Waals surface area contributed by atoms with Crippen LogP contribution >= 0.6 is 0 Å². The molecule has 0 heterocycles. The molecule has 0 aliphatic carbocycles. The predicted molar refractivity (Wildman–Crippen MR) is 90.6 cm³/mol. The topological polar surface area (TPSA) is 72.5 Å². The lowest BCUT2D eigenvalue weighted by molar-refractivity contribution is -0.165. The van der Waals surface area contributed by atoms with Crippen molar-refractivity contribution in [3.63, 3.8) is 0 Å². The highest BCUT2D eigenvalue weighted by Gasteiger charge is 2.31. The molecule has 0 aliphatic heterocycles. The van der Waals surface area contributed by atoms with Gasteiger partial charge in [0.25, 0.3) is 0 Å². The number of nitrogens with two attached hydrogens (primary N) is 1. The molecule has 2 rings (SSSR count).